The van der Waals surface area contributed by atoms with Crippen molar-refractivity contribution in [2.24, 2.45) is 5.73 Å². The number of hydrogen-bond acceptors (Lipinski definition) is 2. The first kappa shape index (κ1) is 12.6. The predicted molar refractivity (Wildman–Crippen MR) is 60.0 cm³/mol. The van der Waals surface area contributed by atoms with E-state index in [0.29, 0.717) is 0 Å². The second-order valence-corrected chi connectivity index (χ2v) is 2.65. The molecule has 2 N–H and O–H groups in total. The van der Waals surface area contributed by atoms with Crippen molar-refractivity contribution in [1.82, 2.24) is 4.98 Å². The molecule has 0 radical (unpaired) electrons. The lowest BCUT2D eigenvalue weighted by atomic mass is 10.2. The molecule has 0 aliphatic carbocycles. The number of carbonyl (C=O) groups is 1. The Morgan fingerprint density at radius 2 is 2.14 bits per heavy atom. The predicted octanol–water partition coefficient (Wildman–Crippen LogP) is 1.94. The summed E-state index contributed by atoms with van der Waals surface area (Å²) in [6, 6.07) is 3.80. The fraction of sp³-hybridized carbons (Fsp3) is 0.455. The average Bonchev–Trinajstić information content (AvgIpc) is 2.21. The van der Waals surface area contributed by atoms with Crippen molar-refractivity contribution in [3.05, 3.63) is 29.6 Å². The summed E-state index contributed by atoms with van der Waals surface area (Å²) in [4.78, 5) is 14.7. The molecule has 1 aromatic heterocycles. The first-order valence-corrected chi connectivity index (χ1v) is 4.94. The maximum atomic E-state index is 10.5. The molecule has 3 nitrogen and oxygen atoms in total. The molecule has 1 heterocycles. The molecule has 3 heteroatoms. The summed E-state index contributed by atoms with van der Waals surface area (Å²) in [7, 11) is 0. The average molecular weight is 196 g/mol. The minimum atomic E-state index is -0.318. The Morgan fingerprint density at radius 3 is 2.50 bits per heavy atom. The third kappa shape index (κ3) is 4.60. The van der Waals surface area contributed by atoms with Crippen molar-refractivity contribution in [1.29, 1.82) is 0 Å². The van der Waals surface area contributed by atoms with Crippen molar-refractivity contribution >= 4 is 5.91 Å². The van der Waals surface area contributed by atoms with Crippen LogP contribution in [0.4, 0.5) is 0 Å². The molecule has 0 unspecified atom stereocenters. The van der Waals surface area contributed by atoms with Gasteiger partial charge >= 0.3 is 0 Å². The largest absolute Gasteiger partial charge is 0.369 e. The molecule has 0 spiro atoms. The molecule has 0 aliphatic heterocycles. The first-order valence-electron chi connectivity index (χ1n) is 4.94. The van der Waals surface area contributed by atoms with Crippen LogP contribution < -0.4 is 5.73 Å². The highest BCUT2D eigenvalue weighted by molar-refractivity contribution is 5.76. The third-order valence-corrected chi connectivity index (χ3v) is 1.63. The number of primary amides is 1. The normalized spacial score (nSPS) is 8.79. The van der Waals surface area contributed by atoms with Crippen LogP contribution in [0.3, 0.4) is 0 Å². The number of hydrogen-bond donors (Lipinski definition) is 1. The van der Waals surface area contributed by atoms with Crippen LogP contribution in [-0.4, -0.2) is 10.9 Å². The monoisotopic (exact) mass is 196 g/mol. The minimum absolute atomic E-state index is 0. The van der Waals surface area contributed by atoms with Crippen LogP contribution in [0.1, 0.15) is 33.5 Å². The number of rotatable bonds is 3. The highest BCUT2D eigenvalue weighted by atomic mass is 16.1. The Hall–Kier alpha value is -1.38. The smallest absolute Gasteiger partial charge is 0.221 e. The summed E-state index contributed by atoms with van der Waals surface area (Å²) in [6.45, 7) is 6.04. The lowest BCUT2D eigenvalue weighted by Gasteiger charge is -1.98. The van der Waals surface area contributed by atoms with E-state index in [9.17, 15) is 4.79 Å². The molecule has 0 atom stereocenters. The van der Waals surface area contributed by atoms with Gasteiger partial charge in [-0.1, -0.05) is 26.8 Å². The van der Waals surface area contributed by atoms with Gasteiger partial charge in [0.1, 0.15) is 0 Å². The quantitative estimate of drug-likeness (QED) is 0.803. The highest BCUT2D eigenvalue weighted by Gasteiger charge is 1.97. The van der Waals surface area contributed by atoms with E-state index in [1.165, 1.54) is 0 Å². The maximum absolute atomic E-state index is 10.5. The van der Waals surface area contributed by atoms with E-state index in [0.717, 1.165) is 17.7 Å². The molecule has 0 saturated heterocycles. The third-order valence-electron chi connectivity index (χ3n) is 1.63. The second kappa shape index (κ2) is 7.06. The van der Waals surface area contributed by atoms with Crippen molar-refractivity contribution in [2.75, 3.05) is 0 Å². The number of nitrogens with zero attached hydrogens (tertiary/aromatic N) is 1. The number of aromatic nitrogens is 1. The van der Waals surface area contributed by atoms with Crippen LogP contribution >= 0.6 is 0 Å². The zero-order valence-corrected chi connectivity index (χ0v) is 9.08. The summed E-state index contributed by atoms with van der Waals surface area (Å²) in [6.07, 6.45) is 2.89. The van der Waals surface area contributed by atoms with E-state index in [2.05, 4.69) is 4.98 Å². The SMILES string of the molecule is CC.CCc1ccc(CC(N)=O)cn1.[HH]. The van der Waals surface area contributed by atoms with Crippen molar-refractivity contribution in [2.45, 2.75) is 33.6 Å². The van der Waals surface area contributed by atoms with Crippen LogP contribution in [-0.2, 0) is 17.6 Å². The van der Waals surface area contributed by atoms with Crippen LogP contribution in [0.2, 0.25) is 0 Å². The van der Waals surface area contributed by atoms with E-state index < -0.39 is 0 Å². The van der Waals surface area contributed by atoms with Gasteiger partial charge in [-0.25, -0.2) is 0 Å². The zero-order valence-electron chi connectivity index (χ0n) is 9.08. The Labute approximate surface area is 86.8 Å². The van der Waals surface area contributed by atoms with Crippen LogP contribution in [0.5, 0.6) is 0 Å². The van der Waals surface area contributed by atoms with Gasteiger partial charge in [0.2, 0.25) is 5.91 Å². The van der Waals surface area contributed by atoms with Gasteiger partial charge in [0, 0.05) is 13.3 Å². The van der Waals surface area contributed by atoms with Crippen LogP contribution in [0, 0.1) is 0 Å². The molecule has 1 aromatic rings. The molecule has 14 heavy (non-hydrogen) atoms. The highest BCUT2D eigenvalue weighted by Crippen LogP contribution is 2.01. The molecule has 0 bridgehead atoms. The molecule has 0 saturated carbocycles. The van der Waals surface area contributed by atoms with Gasteiger partial charge in [-0.05, 0) is 18.1 Å². The summed E-state index contributed by atoms with van der Waals surface area (Å²) in [5.41, 5.74) is 6.93. The van der Waals surface area contributed by atoms with Crippen molar-refractivity contribution in [3.63, 3.8) is 0 Å². The number of amides is 1. The van der Waals surface area contributed by atoms with Gasteiger partial charge in [0.05, 0.1) is 6.42 Å². The fourth-order valence-corrected chi connectivity index (χ4v) is 0.970. The van der Waals surface area contributed by atoms with Crippen LogP contribution in [0.15, 0.2) is 18.3 Å². The minimum Gasteiger partial charge on any atom is -0.369 e. The summed E-state index contributed by atoms with van der Waals surface area (Å²) in [5.74, 6) is -0.318. The van der Waals surface area contributed by atoms with E-state index in [1.54, 1.807) is 6.20 Å². The molecule has 0 aromatic carbocycles. The summed E-state index contributed by atoms with van der Waals surface area (Å²) in [5, 5.41) is 0. The lowest BCUT2D eigenvalue weighted by molar-refractivity contribution is -0.117. The van der Waals surface area contributed by atoms with Crippen molar-refractivity contribution in [3.8, 4) is 0 Å². The van der Waals surface area contributed by atoms with Gasteiger partial charge in [-0.2, -0.15) is 0 Å². The van der Waals surface area contributed by atoms with E-state index in [1.807, 2.05) is 32.9 Å². The number of aryl methyl sites for hydroxylation is 1. The number of pyridine rings is 1. The maximum Gasteiger partial charge on any atom is 0.221 e. The zero-order chi connectivity index (χ0) is 11.0. The molecular formula is C11H20N2O. The Kier molecular flexibility index (Phi) is 6.37. The van der Waals surface area contributed by atoms with Crippen LogP contribution in [0.25, 0.3) is 0 Å². The molecular weight excluding hydrogens is 176 g/mol. The Balaban J connectivity index is 0. The topological polar surface area (TPSA) is 56.0 Å². The van der Waals surface area contributed by atoms with Gasteiger partial charge < -0.3 is 5.73 Å². The van der Waals surface area contributed by atoms with E-state index in [-0.39, 0.29) is 13.8 Å². The van der Waals surface area contributed by atoms with Gasteiger partial charge in [0.15, 0.2) is 0 Å². The van der Waals surface area contributed by atoms with E-state index in [4.69, 9.17) is 5.73 Å². The Bertz CT molecular complexity index is 272. The number of carbonyl (C=O) groups excluding carboxylic acids is 1. The summed E-state index contributed by atoms with van der Waals surface area (Å²) < 4.78 is 0. The van der Waals surface area contributed by atoms with Crippen molar-refractivity contribution < 1.29 is 6.22 Å². The molecule has 0 aliphatic rings. The second-order valence-electron chi connectivity index (χ2n) is 2.65. The molecule has 1 rings (SSSR count). The first-order chi connectivity index (χ1) is 6.72. The van der Waals surface area contributed by atoms with Gasteiger partial charge in [0.25, 0.3) is 0 Å². The summed E-state index contributed by atoms with van der Waals surface area (Å²) >= 11 is 0. The van der Waals surface area contributed by atoms with E-state index >= 15 is 0 Å². The fourth-order valence-electron chi connectivity index (χ4n) is 0.970. The van der Waals surface area contributed by atoms with Gasteiger partial charge in [-0.15, -0.1) is 0 Å². The Morgan fingerprint density at radius 1 is 1.50 bits per heavy atom. The van der Waals surface area contributed by atoms with Gasteiger partial charge in [-0.3, -0.25) is 9.78 Å². The number of nitrogens with two attached hydrogens (primary N) is 1. The standard InChI is InChI=1S/C9H12N2O.C2H6.H2/c1-2-8-4-3-7(6-11-8)5-9(10)12;1-2;/h3-4,6H,2,5H2,1H3,(H2,10,12);1-2H3;1H. The lowest BCUT2D eigenvalue weighted by Crippen LogP contribution is -2.13. The molecule has 80 valence electrons. The molecule has 1 amide bonds. The molecule has 0 fully saturated rings.